The van der Waals surface area contributed by atoms with Crippen LogP contribution in [0.2, 0.25) is 5.02 Å². The molecule has 4 rings (SSSR count). The highest BCUT2D eigenvalue weighted by molar-refractivity contribution is 6.30. The Kier molecular flexibility index (Phi) is 6.98. The van der Waals surface area contributed by atoms with Gasteiger partial charge in [0.25, 0.3) is 0 Å². The molecule has 0 fully saturated rings. The number of pyridine rings is 1. The maximum absolute atomic E-state index is 12.6. The molecular formula is C27H26ClN3O4. The van der Waals surface area contributed by atoms with Crippen molar-refractivity contribution in [3.05, 3.63) is 76.4 Å². The molecule has 0 saturated heterocycles. The molecule has 0 radical (unpaired) electrons. The molecule has 2 N–H and O–H groups in total. The maximum Gasteiger partial charge on any atom is 0.323 e. The van der Waals surface area contributed by atoms with Crippen LogP contribution in [0, 0.1) is 20.8 Å². The van der Waals surface area contributed by atoms with Crippen LogP contribution in [0.3, 0.4) is 0 Å². The van der Waals surface area contributed by atoms with Crippen LogP contribution in [0.15, 0.2) is 54.7 Å². The first-order valence-corrected chi connectivity index (χ1v) is 11.3. The number of urea groups is 1. The fourth-order valence-corrected chi connectivity index (χ4v) is 3.96. The second-order valence-corrected chi connectivity index (χ2v) is 8.54. The second-order valence-electron chi connectivity index (χ2n) is 8.11. The number of rotatable bonds is 6. The van der Waals surface area contributed by atoms with Crippen molar-refractivity contribution in [2.45, 2.75) is 20.8 Å². The molecule has 3 aromatic carbocycles. The number of ether oxygens (including phenoxy) is 3. The zero-order chi connectivity index (χ0) is 25.1. The molecule has 1 aromatic heterocycles. The Morgan fingerprint density at radius 1 is 0.771 bits per heavy atom. The quantitative estimate of drug-likeness (QED) is 0.296. The van der Waals surface area contributed by atoms with Crippen LogP contribution in [0.25, 0.3) is 10.9 Å². The average Bonchev–Trinajstić information content (AvgIpc) is 2.83. The molecule has 7 nitrogen and oxygen atoms in total. The topological polar surface area (TPSA) is 81.7 Å². The maximum atomic E-state index is 12.6. The SMILES string of the molecule is COc1cc2nccc(Oc3cc(C)c(NC(=O)Nc4ccc(Cl)cc4C)cc3C)c2cc1OC. The monoisotopic (exact) mass is 491 g/mol. The Labute approximate surface area is 209 Å². The number of amides is 2. The summed E-state index contributed by atoms with van der Waals surface area (Å²) in [7, 11) is 3.17. The summed E-state index contributed by atoms with van der Waals surface area (Å²) in [5, 5.41) is 7.18. The number of carbonyl (C=O) groups is 1. The molecule has 0 atom stereocenters. The van der Waals surface area contributed by atoms with Crippen LogP contribution in [0.5, 0.6) is 23.0 Å². The lowest BCUT2D eigenvalue weighted by Gasteiger charge is -2.16. The van der Waals surface area contributed by atoms with Crippen molar-refractivity contribution < 1.29 is 19.0 Å². The van der Waals surface area contributed by atoms with E-state index in [0.29, 0.717) is 39.4 Å². The highest BCUT2D eigenvalue weighted by Gasteiger charge is 2.14. The van der Waals surface area contributed by atoms with E-state index in [1.807, 2.05) is 45.0 Å². The Morgan fingerprint density at radius 3 is 2.17 bits per heavy atom. The number of nitrogens with zero attached hydrogens (tertiary/aromatic N) is 1. The van der Waals surface area contributed by atoms with Gasteiger partial charge < -0.3 is 24.8 Å². The summed E-state index contributed by atoms with van der Waals surface area (Å²) in [6.45, 7) is 5.72. The number of halogens is 1. The lowest BCUT2D eigenvalue weighted by atomic mass is 10.1. The molecule has 0 saturated carbocycles. The molecule has 1 heterocycles. The Morgan fingerprint density at radius 2 is 1.46 bits per heavy atom. The molecular weight excluding hydrogens is 466 g/mol. The fourth-order valence-electron chi connectivity index (χ4n) is 3.73. The molecule has 0 bridgehead atoms. The largest absolute Gasteiger partial charge is 0.493 e. The van der Waals surface area contributed by atoms with Crippen molar-refractivity contribution in [1.29, 1.82) is 0 Å². The lowest BCUT2D eigenvalue weighted by Crippen LogP contribution is -2.20. The number of aromatic nitrogens is 1. The van der Waals surface area contributed by atoms with Crippen LogP contribution in [0.4, 0.5) is 16.2 Å². The van der Waals surface area contributed by atoms with E-state index in [9.17, 15) is 4.79 Å². The van der Waals surface area contributed by atoms with E-state index in [2.05, 4.69) is 15.6 Å². The number of carbonyl (C=O) groups excluding carboxylic acids is 1. The van der Waals surface area contributed by atoms with Crippen molar-refractivity contribution in [1.82, 2.24) is 4.98 Å². The minimum Gasteiger partial charge on any atom is -0.493 e. The van der Waals surface area contributed by atoms with Gasteiger partial charge in [0.05, 0.1) is 19.7 Å². The van der Waals surface area contributed by atoms with E-state index >= 15 is 0 Å². The number of aryl methyl sites for hydroxylation is 3. The second kappa shape index (κ2) is 10.1. The van der Waals surface area contributed by atoms with Crippen molar-refractivity contribution in [3.8, 4) is 23.0 Å². The van der Waals surface area contributed by atoms with Crippen LogP contribution in [-0.2, 0) is 0 Å². The Bertz CT molecular complexity index is 1420. The number of methoxy groups -OCH3 is 2. The van der Waals surface area contributed by atoms with E-state index < -0.39 is 0 Å². The van der Waals surface area contributed by atoms with Gasteiger partial charge in [-0.25, -0.2) is 4.79 Å². The van der Waals surface area contributed by atoms with Gasteiger partial charge in [0.1, 0.15) is 11.5 Å². The molecule has 0 aliphatic rings. The molecule has 0 unspecified atom stereocenters. The summed E-state index contributed by atoms with van der Waals surface area (Å²) in [6.07, 6.45) is 1.69. The minimum absolute atomic E-state index is 0.340. The predicted octanol–water partition coefficient (Wildman–Crippen LogP) is 7.27. The van der Waals surface area contributed by atoms with Crippen LogP contribution >= 0.6 is 11.6 Å². The van der Waals surface area contributed by atoms with Gasteiger partial charge in [-0.15, -0.1) is 0 Å². The summed E-state index contributed by atoms with van der Waals surface area (Å²) < 4.78 is 17.1. The zero-order valence-corrected chi connectivity index (χ0v) is 20.9. The van der Waals surface area contributed by atoms with Crippen LogP contribution < -0.4 is 24.8 Å². The van der Waals surface area contributed by atoms with Crippen molar-refractivity contribution >= 4 is 39.9 Å². The molecule has 0 aliphatic carbocycles. The Balaban J connectivity index is 1.57. The minimum atomic E-state index is -0.340. The number of hydrogen-bond donors (Lipinski definition) is 2. The van der Waals surface area contributed by atoms with E-state index in [4.69, 9.17) is 25.8 Å². The van der Waals surface area contributed by atoms with E-state index in [1.165, 1.54) is 0 Å². The summed E-state index contributed by atoms with van der Waals surface area (Å²) in [4.78, 5) is 17.0. The Hall–Kier alpha value is -3.97. The summed E-state index contributed by atoms with van der Waals surface area (Å²) >= 11 is 6.00. The molecule has 2 amide bonds. The van der Waals surface area contributed by atoms with E-state index in [1.54, 1.807) is 44.7 Å². The lowest BCUT2D eigenvalue weighted by molar-refractivity contribution is 0.262. The van der Waals surface area contributed by atoms with Gasteiger partial charge >= 0.3 is 6.03 Å². The third kappa shape index (κ3) is 5.25. The van der Waals surface area contributed by atoms with Gasteiger partial charge in [-0.1, -0.05) is 11.6 Å². The fraction of sp³-hybridized carbons (Fsp3) is 0.185. The van der Waals surface area contributed by atoms with Gasteiger partial charge in [-0.3, -0.25) is 4.98 Å². The number of hydrogen-bond acceptors (Lipinski definition) is 5. The first kappa shape index (κ1) is 24.2. The average molecular weight is 492 g/mol. The van der Waals surface area contributed by atoms with Crippen molar-refractivity contribution in [3.63, 3.8) is 0 Å². The number of anilines is 2. The predicted molar refractivity (Wildman–Crippen MR) is 140 cm³/mol. The third-order valence-corrected chi connectivity index (χ3v) is 5.87. The molecule has 4 aromatic rings. The molecule has 8 heteroatoms. The first-order valence-electron chi connectivity index (χ1n) is 10.9. The van der Waals surface area contributed by atoms with Crippen molar-refractivity contribution in [2.24, 2.45) is 0 Å². The summed E-state index contributed by atoms with van der Waals surface area (Å²) in [5.41, 5.74) is 4.69. The number of fused-ring (bicyclic) bond motifs is 1. The molecule has 180 valence electrons. The molecule has 35 heavy (non-hydrogen) atoms. The normalized spacial score (nSPS) is 10.7. The van der Waals surface area contributed by atoms with Crippen LogP contribution in [0.1, 0.15) is 16.7 Å². The summed E-state index contributed by atoms with van der Waals surface area (Å²) in [5.74, 6) is 2.49. The third-order valence-electron chi connectivity index (χ3n) is 5.63. The highest BCUT2D eigenvalue weighted by atomic mass is 35.5. The van der Waals surface area contributed by atoms with E-state index in [-0.39, 0.29) is 6.03 Å². The van der Waals surface area contributed by atoms with Crippen LogP contribution in [-0.4, -0.2) is 25.2 Å². The molecule has 0 spiro atoms. The van der Waals surface area contributed by atoms with Crippen molar-refractivity contribution in [2.75, 3.05) is 24.9 Å². The first-order chi connectivity index (χ1) is 16.8. The number of benzene rings is 3. The summed E-state index contributed by atoms with van der Waals surface area (Å²) in [6, 6.07) is 14.2. The zero-order valence-electron chi connectivity index (χ0n) is 20.2. The standard InChI is InChI=1S/C27H26ClN3O4/c1-15-10-18(28)6-7-20(15)30-27(32)31-21-11-17(3)24(12-16(21)2)35-23-8-9-29-22-14-26(34-5)25(33-4)13-19(22)23/h6-14H,1-5H3,(H2,30,31,32). The van der Waals surface area contributed by atoms with E-state index in [0.717, 1.165) is 27.6 Å². The van der Waals surface area contributed by atoms with Gasteiger partial charge in [0, 0.05) is 34.0 Å². The van der Waals surface area contributed by atoms with Gasteiger partial charge in [0.2, 0.25) is 0 Å². The molecule has 0 aliphatic heterocycles. The van der Waals surface area contributed by atoms with Gasteiger partial charge in [-0.05, 0) is 79.9 Å². The van der Waals surface area contributed by atoms with Gasteiger partial charge in [-0.2, -0.15) is 0 Å². The highest BCUT2D eigenvalue weighted by Crippen LogP contribution is 2.38. The smallest absolute Gasteiger partial charge is 0.323 e. The number of nitrogens with one attached hydrogen (secondary N) is 2. The van der Waals surface area contributed by atoms with Gasteiger partial charge in [0.15, 0.2) is 11.5 Å².